The maximum absolute atomic E-state index is 12.5. The molecule has 1 aliphatic carbocycles. The average Bonchev–Trinajstić information content (AvgIpc) is 3.13. The summed E-state index contributed by atoms with van der Waals surface area (Å²) in [4.78, 5) is 32.0. The number of rotatable bonds is 4. The van der Waals surface area contributed by atoms with Crippen LogP contribution in [0.1, 0.15) is 25.7 Å². The van der Waals surface area contributed by atoms with Crippen LogP contribution in [0.25, 0.3) is 22.0 Å². The smallest absolute Gasteiger partial charge is 0.228 e. The van der Waals surface area contributed by atoms with Crippen molar-refractivity contribution >= 4 is 28.8 Å². The van der Waals surface area contributed by atoms with Gasteiger partial charge in [0.05, 0.1) is 18.2 Å². The molecule has 0 atom stereocenters. The van der Waals surface area contributed by atoms with E-state index < -0.39 is 0 Å². The van der Waals surface area contributed by atoms with Crippen LogP contribution in [-0.2, 0) is 16.6 Å². The number of amides is 1. The van der Waals surface area contributed by atoms with E-state index in [-0.39, 0.29) is 17.7 Å². The summed E-state index contributed by atoms with van der Waals surface area (Å²) in [5, 5.41) is 4.98. The van der Waals surface area contributed by atoms with Crippen LogP contribution >= 0.6 is 0 Å². The fourth-order valence-electron chi connectivity index (χ4n) is 3.75. The molecule has 3 aromatic rings. The van der Waals surface area contributed by atoms with E-state index in [0.29, 0.717) is 5.82 Å². The third kappa shape index (κ3) is 3.60. The zero-order valence-corrected chi connectivity index (χ0v) is 15.3. The van der Waals surface area contributed by atoms with Gasteiger partial charge >= 0.3 is 0 Å². The van der Waals surface area contributed by atoms with Crippen molar-refractivity contribution < 1.29 is 9.59 Å². The summed E-state index contributed by atoms with van der Waals surface area (Å²) in [6, 6.07) is 8.06. The van der Waals surface area contributed by atoms with Gasteiger partial charge in [0.25, 0.3) is 0 Å². The number of fused-ring (bicyclic) bond motifs is 1. The van der Waals surface area contributed by atoms with Crippen molar-refractivity contribution in [2.75, 3.05) is 5.32 Å². The number of anilines is 1. The van der Waals surface area contributed by atoms with Crippen LogP contribution in [0.2, 0.25) is 0 Å². The molecule has 0 saturated heterocycles. The van der Waals surface area contributed by atoms with Gasteiger partial charge in [-0.05, 0) is 43.2 Å². The fraction of sp³-hybridized carbons (Fsp3) is 0.333. The van der Waals surface area contributed by atoms with Gasteiger partial charge < -0.3 is 14.7 Å². The minimum atomic E-state index is -0.0422. The molecular weight excluding hydrogens is 340 g/mol. The van der Waals surface area contributed by atoms with Crippen molar-refractivity contribution in [3.8, 4) is 11.3 Å². The van der Waals surface area contributed by atoms with Gasteiger partial charge in [-0.25, -0.2) is 9.97 Å². The Balaban J connectivity index is 1.53. The third-order valence-electron chi connectivity index (χ3n) is 5.42. The number of nitrogens with one attached hydrogen (secondary N) is 1. The van der Waals surface area contributed by atoms with Gasteiger partial charge in [0.1, 0.15) is 12.1 Å². The molecule has 0 bridgehead atoms. The molecule has 1 aliphatic rings. The highest BCUT2D eigenvalue weighted by molar-refractivity contribution is 5.95. The lowest BCUT2D eigenvalue weighted by Crippen LogP contribution is -2.27. The SMILES string of the molecule is Cn1cncc1-c1ccc2cnc(NC(=O)C3CCC(C=O)CC3)cc2c1. The molecule has 1 fully saturated rings. The Kier molecular flexibility index (Phi) is 4.71. The van der Waals surface area contributed by atoms with Crippen molar-refractivity contribution in [1.29, 1.82) is 0 Å². The molecular formula is C21H22N4O2. The van der Waals surface area contributed by atoms with E-state index in [9.17, 15) is 9.59 Å². The lowest BCUT2D eigenvalue weighted by Gasteiger charge is -2.24. The number of aromatic nitrogens is 3. The van der Waals surface area contributed by atoms with Crippen LogP contribution in [0.5, 0.6) is 0 Å². The predicted octanol–water partition coefficient (Wildman–Crippen LogP) is 3.58. The summed E-state index contributed by atoms with van der Waals surface area (Å²) < 4.78 is 1.97. The molecule has 27 heavy (non-hydrogen) atoms. The number of carbonyl (C=O) groups excluding carboxylic acids is 2. The van der Waals surface area contributed by atoms with Crippen molar-refractivity contribution in [2.45, 2.75) is 25.7 Å². The number of aldehydes is 1. The summed E-state index contributed by atoms with van der Waals surface area (Å²) >= 11 is 0. The van der Waals surface area contributed by atoms with Crippen LogP contribution < -0.4 is 5.32 Å². The maximum atomic E-state index is 12.5. The summed E-state index contributed by atoms with van der Waals surface area (Å²) in [5.74, 6) is 0.624. The van der Waals surface area contributed by atoms with Crippen LogP contribution in [0.4, 0.5) is 5.82 Å². The highest BCUT2D eigenvalue weighted by Gasteiger charge is 2.26. The van der Waals surface area contributed by atoms with Crippen molar-refractivity contribution in [2.24, 2.45) is 18.9 Å². The van der Waals surface area contributed by atoms with E-state index in [4.69, 9.17) is 0 Å². The standard InChI is InChI=1S/C21H22N4O2/c1-25-13-22-11-19(25)16-6-7-17-10-23-20(9-18(17)8-16)24-21(27)15-4-2-14(12-26)3-5-15/h6-15H,2-5H2,1H3,(H,23,24,27). The fourth-order valence-corrected chi connectivity index (χ4v) is 3.75. The Morgan fingerprint density at radius 3 is 2.67 bits per heavy atom. The van der Waals surface area contributed by atoms with Gasteiger partial charge in [0, 0.05) is 36.0 Å². The van der Waals surface area contributed by atoms with Gasteiger partial charge in [-0.2, -0.15) is 0 Å². The quantitative estimate of drug-likeness (QED) is 0.720. The molecule has 6 nitrogen and oxygen atoms in total. The lowest BCUT2D eigenvalue weighted by molar-refractivity contribution is -0.122. The van der Waals surface area contributed by atoms with Crippen LogP contribution in [0.15, 0.2) is 43.0 Å². The molecule has 0 aliphatic heterocycles. The molecule has 6 heteroatoms. The first-order chi connectivity index (χ1) is 13.1. The second-order valence-corrected chi connectivity index (χ2v) is 7.26. The number of carbonyl (C=O) groups is 2. The van der Waals surface area contributed by atoms with Crippen molar-refractivity contribution in [3.63, 3.8) is 0 Å². The van der Waals surface area contributed by atoms with E-state index in [0.717, 1.165) is 54.0 Å². The zero-order chi connectivity index (χ0) is 18.8. The average molecular weight is 362 g/mol. The number of imidazole rings is 1. The Bertz CT molecular complexity index is 987. The normalized spacial score (nSPS) is 19.7. The number of pyridine rings is 1. The van der Waals surface area contributed by atoms with E-state index in [2.05, 4.69) is 21.4 Å². The molecule has 1 saturated carbocycles. The highest BCUT2D eigenvalue weighted by Crippen LogP contribution is 2.29. The van der Waals surface area contributed by atoms with E-state index in [1.165, 1.54) is 0 Å². The molecule has 1 amide bonds. The first-order valence-corrected chi connectivity index (χ1v) is 9.26. The topological polar surface area (TPSA) is 76.9 Å². The zero-order valence-electron chi connectivity index (χ0n) is 15.3. The molecule has 0 radical (unpaired) electrons. The summed E-state index contributed by atoms with van der Waals surface area (Å²) in [6.45, 7) is 0. The van der Waals surface area contributed by atoms with Gasteiger partial charge in [-0.15, -0.1) is 0 Å². The molecule has 0 unspecified atom stereocenters. The number of hydrogen-bond donors (Lipinski definition) is 1. The lowest BCUT2D eigenvalue weighted by atomic mass is 9.82. The molecule has 1 N–H and O–H groups in total. The minimum absolute atomic E-state index is 0.00557. The Morgan fingerprint density at radius 2 is 1.96 bits per heavy atom. The molecule has 2 heterocycles. The minimum Gasteiger partial charge on any atom is -0.334 e. The molecule has 2 aromatic heterocycles. The van der Waals surface area contributed by atoms with Crippen LogP contribution in [0, 0.1) is 11.8 Å². The predicted molar refractivity (Wildman–Crippen MR) is 104 cm³/mol. The summed E-state index contributed by atoms with van der Waals surface area (Å²) in [5.41, 5.74) is 2.10. The largest absolute Gasteiger partial charge is 0.334 e. The van der Waals surface area contributed by atoms with Crippen molar-refractivity contribution in [3.05, 3.63) is 43.0 Å². The van der Waals surface area contributed by atoms with E-state index >= 15 is 0 Å². The van der Waals surface area contributed by atoms with Gasteiger partial charge in [-0.1, -0.05) is 12.1 Å². The first-order valence-electron chi connectivity index (χ1n) is 9.26. The van der Waals surface area contributed by atoms with Gasteiger partial charge in [0.15, 0.2) is 0 Å². The molecule has 1 aromatic carbocycles. The number of hydrogen-bond acceptors (Lipinski definition) is 4. The molecule has 138 valence electrons. The molecule has 4 rings (SSSR count). The maximum Gasteiger partial charge on any atom is 0.228 e. The highest BCUT2D eigenvalue weighted by atomic mass is 16.2. The number of benzene rings is 1. The Hall–Kier alpha value is -3.02. The number of nitrogens with zero attached hydrogens (tertiary/aromatic N) is 3. The third-order valence-corrected chi connectivity index (χ3v) is 5.42. The Labute approximate surface area is 157 Å². The number of aryl methyl sites for hydroxylation is 1. The van der Waals surface area contributed by atoms with Crippen LogP contribution in [0.3, 0.4) is 0 Å². The first kappa shape index (κ1) is 17.4. The van der Waals surface area contributed by atoms with Crippen molar-refractivity contribution in [1.82, 2.24) is 14.5 Å². The second kappa shape index (κ2) is 7.31. The monoisotopic (exact) mass is 362 g/mol. The van der Waals surface area contributed by atoms with E-state index in [1.807, 2.05) is 36.0 Å². The second-order valence-electron chi connectivity index (χ2n) is 7.26. The van der Waals surface area contributed by atoms with Gasteiger partial charge in [0.2, 0.25) is 5.91 Å². The van der Waals surface area contributed by atoms with Gasteiger partial charge in [-0.3, -0.25) is 4.79 Å². The van der Waals surface area contributed by atoms with E-state index in [1.54, 1.807) is 12.5 Å². The summed E-state index contributed by atoms with van der Waals surface area (Å²) in [6.07, 6.45) is 9.50. The summed E-state index contributed by atoms with van der Waals surface area (Å²) in [7, 11) is 1.96. The Morgan fingerprint density at radius 1 is 1.15 bits per heavy atom. The van der Waals surface area contributed by atoms with Crippen LogP contribution in [-0.4, -0.2) is 26.7 Å². The molecule has 0 spiro atoms.